The molecule has 1 heterocycles. The lowest BCUT2D eigenvalue weighted by atomic mass is 10.1. The number of unbranched alkanes of at least 4 members (excludes halogenated alkanes) is 5. The van der Waals surface area contributed by atoms with Crippen LogP contribution in [0.1, 0.15) is 64.7 Å². The maximum Gasteiger partial charge on any atom is 0.188 e. The third-order valence-corrected chi connectivity index (χ3v) is 3.59. The van der Waals surface area contributed by atoms with Crippen molar-refractivity contribution in [2.45, 2.75) is 70.8 Å². The van der Waals surface area contributed by atoms with Crippen molar-refractivity contribution in [2.75, 3.05) is 19.7 Å². The Morgan fingerprint density at radius 3 is 2.70 bits per heavy atom. The van der Waals surface area contributed by atoms with Crippen molar-refractivity contribution < 1.29 is 4.74 Å². The summed E-state index contributed by atoms with van der Waals surface area (Å²) in [5, 5.41) is 3.17. The van der Waals surface area contributed by atoms with Gasteiger partial charge in [0.15, 0.2) is 5.96 Å². The van der Waals surface area contributed by atoms with Gasteiger partial charge < -0.3 is 15.8 Å². The molecule has 0 aromatic heterocycles. The maximum atomic E-state index is 5.82. The monoisotopic (exact) mass is 397 g/mol. The van der Waals surface area contributed by atoms with E-state index in [1.807, 2.05) is 0 Å². The van der Waals surface area contributed by atoms with Crippen LogP contribution in [0.2, 0.25) is 0 Å². The van der Waals surface area contributed by atoms with Gasteiger partial charge in [-0.1, -0.05) is 39.0 Å². The first-order chi connectivity index (χ1) is 9.33. The van der Waals surface area contributed by atoms with Crippen LogP contribution in [0.3, 0.4) is 0 Å². The molecule has 3 N–H and O–H groups in total. The summed E-state index contributed by atoms with van der Waals surface area (Å²) in [5.41, 5.74) is 5.82. The highest BCUT2D eigenvalue weighted by Crippen LogP contribution is 2.14. The molecule has 0 aromatic carbocycles. The van der Waals surface area contributed by atoms with E-state index in [9.17, 15) is 0 Å². The van der Waals surface area contributed by atoms with E-state index in [0.717, 1.165) is 32.5 Å². The minimum atomic E-state index is 0. The molecule has 4 nitrogen and oxygen atoms in total. The summed E-state index contributed by atoms with van der Waals surface area (Å²) in [6.45, 7) is 4.89. The van der Waals surface area contributed by atoms with Crippen LogP contribution in [0.5, 0.6) is 0 Å². The molecule has 5 heteroatoms. The molecule has 120 valence electrons. The van der Waals surface area contributed by atoms with Crippen LogP contribution in [-0.4, -0.2) is 31.8 Å². The Labute approximate surface area is 141 Å². The molecule has 20 heavy (non-hydrogen) atoms. The quantitative estimate of drug-likeness (QED) is 0.257. The Balaban J connectivity index is 0.00000361. The van der Waals surface area contributed by atoms with Gasteiger partial charge in [-0.25, -0.2) is 0 Å². The highest BCUT2D eigenvalue weighted by Gasteiger charge is 2.14. The predicted octanol–water partition coefficient (Wildman–Crippen LogP) is 3.44. The number of halogens is 1. The molecule has 0 amide bonds. The molecule has 0 aliphatic carbocycles. The first-order valence-electron chi connectivity index (χ1n) is 7.98. The van der Waals surface area contributed by atoms with Crippen LogP contribution < -0.4 is 11.1 Å². The predicted molar refractivity (Wildman–Crippen MR) is 96.9 cm³/mol. The minimum Gasteiger partial charge on any atom is -0.378 e. The molecule has 1 rings (SSSR count). The van der Waals surface area contributed by atoms with E-state index in [0.29, 0.717) is 12.1 Å². The Bertz CT molecular complexity index is 243. The normalized spacial score (nSPS) is 18.9. The fourth-order valence-electron chi connectivity index (χ4n) is 2.38. The molecule has 0 radical (unpaired) electrons. The van der Waals surface area contributed by atoms with E-state index in [1.165, 1.54) is 44.9 Å². The molecule has 0 spiro atoms. The van der Waals surface area contributed by atoms with Crippen LogP contribution in [0.25, 0.3) is 0 Å². The van der Waals surface area contributed by atoms with Crippen molar-refractivity contribution >= 4 is 29.9 Å². The van der Waals surface area contributed by atoms with E-state index in [1.54, 1.807) is 0 Å². The highest BCUT2D eigenvalue weighted by molar-refractivity contribution is 14.0. The zero-order valence-electron chi connectivity index (χ0n) is 12.9. The molecule has 1 aliphatic heterocycles. The lowest BCUT2D eigenvalue weighted by Crippen LogP contribution is -2.33. The number of rotatable bonds is 10. The van der Waals surface area contributed by atoms with E-state index < -0.39 is 0 Å². The number of nitrogens with zero attached hydrogens (tertiary/aromatic N) is 1. The summed E-state index contributed by atoms with van der Waals surface area (Å²) in [5.74, 6) is 0.589. The molecule has 1 unspecified atom stereocenters. The Kier molecular flexibility index (Phi) is 13.9. The van der Waals surface area contributed by atoms with Gasteiger partial charge in [0.05, 0.1) is 6.10 Å². The first kappa shape index (κ1) is 20.0. The molecule has 1 saturated heterocycles. The Morgan fingerprint density at radius 1 is 1.25 bits per heavy atom. The zero-order valence-corrected chi connectivity index (χ0v) is 15.2. The van der Waals surface area contributed by atoms with Gasteiger partial charge in [0.1, 0.15) is 0 Å². The number of hydrogen-bond acceptors (Lipinski definition) is 2. The standard InChI is InChI=1S/C15H31N3O.HI/c1-2-3-4-5-6-7-11-17-15(16)18-12-10-14-9-8-13-19-14;/h14H,2-13H2,1H3,(H3,16,17,18);1H. The fourth-order valence-corrected chi connectivity index (χ4v) is 2.38. The SMILES string of the molecule is CCCCCCCCN=C(N)NCCC1CCCO1.I. The third-order valence-electron chi connectivity index (χ3n) is 3.59. The minimum absolute atomic E-state index is 0. The van der Waals surface area contributed by atoms with Crippen molar-refractivity contribution in [1.29, 1.82) is 0 Å². The summed E-state index contributed by atoms with van der Waals surface area (Å²) >= 11 is 0. The molecular weight excluding hydrogens is 365 g/mol. The summed E-state index contributed by atoms with van der Waals surface area (Å²) in [7, 11) is 0. The summed E-state index contributed by atoms with van der Waals surface area (Å²) in [4.78, 5) is 4.35. The molecule has 1 aliphatic rings. The zero-order chi connectivity index (χ0) is 13.8. The largest absolute Gasteiger partial charge is 0.378 e. The molecule has 0 saturated carbocycles. The second-order valence-corrected chi connectivity index (χ2v) is 5.39. The van der Waals surface area contributed by atoms with Crippen molar-refractivity contribution in [3.63, 3.8) is 0 Å². The molecule has 1 fully saturated rings. The third kappa shape index (κ3) is 10.7. The Morgan fingerprint density at radius 2 is 2.00 bits per heavy atom. The van der Waals surface area contributed by atoms with Crippen LogP contribution in [-0.2, 0) is 4.74 Å². The van der Waals surface area contributed by atoms with E-state index in [-0.39, 0.29) is 24.0 Å². The number of guanidine groups is 1. The second-order valence-electron chi connectivity index (χ2n) is 5.39. The van der Waals surface area contributed by atoms with Gasteiger partial charge >= 0.3 is 0 Å². The van der Waals surface area contributed by atoms with Gasteiger partial charge in [-0.15, -0.1) is 24.0 Å². The number of aliphatic imine (C=N–C) groups is 1. The van der Waals surface area contributed by atoms with Crippen LogP contribution in [0, 0.1) is 0 Å². The average Bonchev–Trinajstić information content (AvgIpc) is 2.91. The van der Waals surface area contributed by atoms with E-state index in [2.05, 4.69) is 17.2 Å². The topological polar surface area (TPSA) is 59.6 Å². The number of hydrogen-bond donors (Lipinski definition) is 2. The van der Waals surface area contributed by atoms with E-state index in [4.69, 9.17) is 10.5 Å². The smallest absolute Gasteiger partial charge is 0.188 e. The van der Waals surface area contributed by atoms with Gasteiger partial charge in [0, 0.05) is 19.7 Å². The van der Waals surface area contributed by atoms with Crippen LogP contribution in [0.4, 0.5) is 0 Å². The first-order valence-corrected chi connectivity index (χ1v) is 7.98. The molecule has 1 atom stereocenters. The maximum absolute atomic E-state index is 5.82. The van der Waals surface area contributed by atoms with Crippen molar-refractivity contribution in [3.8, 4) is 0 Å². The van der Waals surface area contributed by atoms with Gasteiger partial charge in [0.25, 0.3) is 0 Å². The molecule has 0 aromatic rings. The lowest BCUT2D eigenvalue weighted by Gasteiger charge is -2.10. The Hall–Kier alpha value is -0.0400. The summed E-state index contributed by atoms with van der Waals surface area (Å²) in [6, 6.07) is 0. The van der Waals surface area contributed by atoms with Gasteiger partial charge in [-0.2, -0.15) is 0 Å². The van der Waals surface area contributed by atoms with Crippen molar-refractivity contribution in [3.05, 3.63) is 0 Å². The van der Waals surface area contributed by atoms with Gasteiger partial charge in [-0.05, 0) is 25.7 Å². The molecule has 0 bridgehead atoms. The van der Waals surface area contributed by atoms with Gasteiger partial charge in [-0.3, -0.25) is 4.99 Å². The van der Waals surface area contributed by atoms with E-state index >= 15 is 0 Å². The van der Waals surface area contributed by atoms with Crippen molar-refractivity contribution in [2.24, 2.45) is 10.7 Å². The van der Waals surface area contributed by atoms with Crippen LogP contribution >= 0.6 is 24.0 Å². The number of nitrogens with one attached hydrogen (secondary N) is 1. The van der Waals surface area contributed by atoms with Gasteiger partial charge in [0.2, 0.25) is 0 Å². The van der Waals surface area contributed by atoms with Crippen molar-refractivity contribution in [1.82, 2.24) is 5.32 Å². The second kappa shape index (κ2) is 13.9. The molecular formula is C15H32IN3O. The lowest BCUT2D eigenvalue weighted by molar-refractivity contribution is 0.105. The fraction of sp³-hybridized carbons (Fsp3) is 0.933. The van der Waals surface area contributed by atoms with Crippen LogP contribution in [0.15, 0.2) is 4.99 Å². The highest BCUT2D eigenvalue weighted by atomic mass is 127. The summed E-state index contributed by atoms with van der Waals surface area (Å²) in [6.07, 6.45) is 11.6. The number of nitrogens with two attached hydrogens (primary N) is 1. The number of ether oxygens (including phenoxy) is 1. The summed E-state index contributed by atoms with van der Waals surface area (Å²) < 4.78 is 5.56. The average molecular weight is 397 g/mol.